The van der Waals surface area contributed by atoms with E-state index >= 15 is 0 Å². The maximum atomic E-state index is 12.3. The molecule has 0 unspecified atom stereocenters. The van der Waals surface area contributed by atoms with Crippen LogP contribution in [0.4, 0.5) is 0 Å². The van der Waals surface area contributed by atoms with E-state index in [1.807, 2.05) is 29.2 Å². The Morgan fingerprint density at radius 2 is 1.94 bits per heavy atom. The molecule has 3 nitrogen and oxygen atoms in total. The molecule has 1 amide bonds. The molecule has 0 radical (unpaired) electrons. The lowest BCUT2D eigenvalue weighted by Gasteiger charge is -2.31. The number of nitrogens with zero attached hydrogens (tertiary/aromatic N) is 1. The molecule has 0 spiro atoms. The van der Waals surface area contributed by atoms with E-state index in [1.165, 1.54) is 0 Å². The van der Waals surface area contributed by atoms with Crippen LogP contribution in [0.1, 0.15) is 23.2 Å². The molecule has 0 aliphatic carbocycles. The van der Waals surface area contributed by atoms with Crippen molar-refractivity contribution in [1.29, 1.82) is 0 Å². The van der Waals surface area contributed by atoms with Gasteiger partial charge in [0, 0.05) is 17.6 Å². The minimum atomic E-state index is 0. The molecule has 0 atom stereocenters. The molecule has 18 heavy (non-hydrogen) atoms. The standard InChI is InChI=1S/C13H17BrN2O.ClH/c14-12-4-2-1-3-11(12)13(17)16-7-5-10(9-15)6-8-16;/h1-4,10H,5-9,15H2;1H. The van der Waals surface area contributed by atoms with Crippen molar-refractivity contribution in [3.05, 3.63) is 34.3 Å². The Morgan fingerprint density at radius 1 is 1.33 bits per heavy atom. The van der Waals surface area contributed by atoms with Crippen LogP contribution in [0.15, 0.2) is 28.7 Å². The summed E-state index contributed by atoms with van der Waals surface area (Å²) in [5.74, 6) is 0.700. The molecular weight excluding hydrogens is 316 g/mol. The zero-order valence-electron chi connectivity index (χ0n) is 10.1. The molecule has 1 aliphatic rings. The summed E-state index contributed by atoms with van der Waals surface area (Å²) < 4.78 is 0.867. The van der Waals surface area contributed by atoms with Gasteiger partial charge >= 0.3 is 0 Å². The first-order valence-electron chi connectivity index (χ1n) is 5.96. The first kappa shape index (κ1) is 15.5. The summed E-state index contributed by atoms with van der Waals surface area (Å²) in [6.07, 6.45) is 2.04. The molecule has 0 saturated carbocycles. The van der Waals surface area contributed by atoms with Gasteiger partial charge in [-0.2, -0.15) is 0 Å². The quantitative estimate of drug-likeness (QED) is 0.904. The maximum Gasteiger partial charge on any atom is 0.254 e. The van der Waals surface area contributed by atoms with Crippen LogP contribution >= 0.6 is 28.3 Å². The lowest BCUT2D eigenvalue weighted by Crippen LogP contribution is -2.40. The third-order valence-corrected chi connectivity index (χ3v) is 4.03. The van der Waals surface area contributed by atoms with E-state index in [1.54, 1.807) is 0 Å². The van der Waals surface area contributed by atoms with Gasteiger partial charge in [-0.25, -0.2) is 0 Å². The molecule has 1 aliphatic heterocycles. The smallest absolute Gasteiger partial charge is 0.254 e. The molecule has 1 aromatic carbocycles. The van der Waals surface area contributed by atoms with Crippen molar-refractivity contribution in [1.82, 2.24) is 4.90 Å². The fourth-order valence-corrected chi connectivity index (χ4v) is 2.63. The second-order valence-electron chi connectivity index (χ2n) is 4.45. The van der Waals surface area contributed by atoms with E-state index in [-0.39, 0.29) is 18.3 Å². The van der Waals surface area contributed by atoms with E-state index < -0.39 is 0 Å². The Labute approximate surface area is 122 Å². The Balaban J connectivity index is 0.00000162. The first-order chi connectivity index (χ1) is 8.22. The average molecular weight is 334 g/mol. The molecule has 0 aromatic heterocycles. The molecule has 5 heteroatoms. The van der Waals surface area contributed by atoms with E-state index in [2.05, 4.69) is 15.9 Å². The van der Waals surface area contributed by atoms with Crippen molar-refractivity contribution >= 4 is 34.2 Å². The van der Waals surface area contributed by atoms with Crippen molar-refractivity contribution in [3.63, 3.8) is 0 Å². The van der Waals surface area contributed by atoms with Crippen molar-refractivity contribution in [2.24, 2.45) is 11.7 Å². The Kier molecular flexibility index (Phi) is 6.12. The molecule has 2 rings (SSSR count). The number of rotatable bonds is 2. The van der Waals surface area contributed by atoms with Gasteiger partial charge in [0.05, 0.1) is 5.56 Å². The van der Waals surface area contributed by atoms with Crippen molar-refractivity contribution in [2.75, 3.05) is 19.6 Å². The molecule has 1 aromatic rings. The highest BCUT2D eigenvalue weighted by molar-refractivity contribution is 9.10. The number of carbonyl (C=O) groups excluding carboxylic acids is 1. The Bertz CT molecular complexity index is 406. The number of benzene rings is 1. The molecule has 100 valence electrons. The number of likely N-dealkylation sites (tertiary alicyclic amines) is 1. The Hall–Kier alpha value is -0.580. The molecule has 1 fully saturated rings. The van der Waals surface area contributed by atoms with Gasteiger partial charge in [-0.15, -0.1) is 12.4 Å². The van der Waals surface area contributed by atoms with Crippen LogP contribution in [0.25, 0.3) is 0 Å². The summed E-state index contributed by atoms with van der Waals surface area (Å²) in [4.78, 5) is 14.2. The normalized spacial score (nSPS) is 16.2. The zero-order chi connectivity index (χ0) is 12.3. The highest BCUT2D eigenvalue weighted by Gasteiger charge is 2.23. The van der Waals surface area contributed by atoms with Gasteiger partial charge in [0.15, 0.2) is 0 Å². The fourth-order valence-electron chi connectivity index (χ4n) is 2.18. The summed E-state index contributed by atoms with van der Waals surface area (Å²) in [6.45, 7) is 2.38. The third-order valence-electron chi connectivity index (χ3n) is 3.34. The van der Waals surface area contributed by atoms with E-state index in [0.717, 1.165) is 42.5 Å². The molecule has 1 heterocycles. The minimum absolute atomic E-state index is 0. The number of nitrogens with two attached hydrogens (primary N) is 1. The van der Waals surface area contributed by atoms with Crippen molar-refractivity contribution in [3.8, 4) is 0 Å². The van der Waals surface area contributed by atoms with Gasteiger partial charge in [0.2, 0.25) is 0 Å². The van der Waals surface area contributed by atoms with Gasteiger partial charge in [-0.1, -0.05) is 12.1 Å². The second-order valence-corrected chi connectivity index (χ2v) is 5.31. The highest BCUT2D eigenvalue weighted by Crippen LogP contribution is 2.22. The van der Waals surface area contributed by atoms with Crippen LogP contribution in [0.3, 0.4) is 0 Å². The number of hydrogen-bond donors (Lipinski definition) is 1. The van der Waals surface area contributed by atoms with Crippen LogP contribution in [-0.2, 0) is 0 Å². The topological polar surface area (TPSA) is 46.3 Å². The summed E-state index contributed by atoms with van der Waals surface area (Å²) in [6, 6.07) is 7.58. The summed E-state index contributed by atoms with van der Waals surface area (Å²) in [5, 5.41) is 0. The zero-order valence-corrected chi connectivity index (χ0v) is 12.5. The minimum Gasteiger partial charge on any atom is -0.339 e. The number of halogens is 2. The fraction of sp³-hybridized carbons (Fsp3) is 0.462. The van der Waals surface area contributed by atoms with Gasteiger partial charge in [-0.05, 0) is 53.4 Å². The number of hydrogen-bond acceptors (Lipinski definition) is 2. The largest absolute Gasteiger partial charge is 0.339 e. The average Bonchev–Trinajstić information content (AvgIpc) is 2.39. The number of carbonyl (C=O) groups is 1. The van der Waals surface area contributed by atoms with Crippen LogP contribution in [0, 0.1) is 5.92 Å². The highest BCUT2D eigenvalue weighted by atomic mass is 79.9. The lowest BCUT2D eigenvalue weighted by atomic mass is 9.96. The molecule has 2 N–H and O–H groups in total. The number of amides is 1. The maximum absolute atomic E-state index is 12.3. The molecule has 0 bridgehead atoms. The van der Waals surface area contributed by atoms with Crippen LogP contribution in [0.2, 0.25) is 0 Å². The third kappa shape index (κ3) is 3.46. The SMILES string of the molecule is Cl.NCC1CCN(C(=O)c2ccccc2Br)CC1. The van der Waals surface area contributed by atoms with E-state index in [4.69, 9.17) is 5.73 Å². The first-order valence-corrected chi connectivity index (χ1v) is 6.75. The van der Waals surface area contributed by atoms with Gasteiger partial charge < -0.3 is 10.6 Å². The van der Waals surface area contributed by atoms with Crippen LogP contribution < -0.4 is 5.73 Å². The number of piperidine rings is 1. The van der Waals surface area contributed by atoms with Crippen molar-refractivity contribution < 1.29 is 4.79 Å². The predicted octanol–water partition coefficient (Wildman–Crippen LogP) is 2.68. The summed E-state index contributed by atoms with van der Waals surface area (Å²) in [5.41, 5.74) is 6.40. The van der Waals surface area contributed by atoms with E-state index in [0.29, 0.717) is 5.92 Å². The predicted molar refractivity (Wildman–Crippen MR) is 79.1 cm³/mol. The molecule has 1 saturated heterocycles. The van der Waals surface area contributed by atoms with Gasteiger partial charge in [0.25, 0.3) is 5.91 Å². The Morgan fingerprint density at radius 3 is 2.50 bits per heavy atom. The summed E-state index contributed by atoms with van der Waals surface area (Å²) in [7, 11) is 0. The summed E-state index contributed by atoms with van der Waals surface area (Å²) >= 11 is 3.42. The van der Waals surface area contributed by atoms with Crippen LogP contribution in [-0.4, -0.2) is 30.4 Å². The van der Waals surface area contributed by atoms with Gasteiger partial charge in [0.1, 0.15) is 0 Å². The van der Waals surface area contributed by atoms with Crippen molar-refractivity contribution in [2.45, 2.75) is 12.8 Å². The van der Waals surface area contributed by atoms with Crippen LogP contribution in [0.5, 0.6) is 0 Å². The lowest BCUT2D eigenvalue weighted by molar-refractivity contribution is 0.0692. The second kappa shape index (κ2) is 7.12. The van der Waals surface area contributed by atoms with Gasteiger partial charge in [-0.3, -0.25) is 4.79 Å². The monoisotopic (exact) mass is 332 g/mol. The van der Waals surface area contributed by atoms with E-state index in [9.17, 15) is 4.79 Å². The molecular formula is C13H18BrClN2O.